The third kappa shape index (κ3) is 24.9. The smallest absolute Gasteiger partial charge is 0.345 e. The topological polar surface area (TPSA) is 152 Å². The van der Waals surface area contributed by atoms with E-state index in [4.69, 9.17) is 18.9 Å². The minimum Gasteiger partial charge on any atom is -0.493 e. The number of rotatable bonds is 41. The lowest BCUT2D eigenvalue weighted by molar-refractivity contribution is 0.0590. The van der Waals surface area contributed by atoms with Crippen LogP contribution in [0.1, 0.15) is 235 Å². The molecule has 0 atom stereocenters. The van der Waals surface area contributed by atoms with Gasteiger partial charge in [0.15, 0.2) is 0 Å². The van der Waals surface area contributed by atoms with Crippen molar-refractivity contribution in [1.29, 1.82) is 0 Å². The highest BCUT2D eigenvalue weighted by Crippen LogP contribution is 2.46. The quantitative estimate of drug-likeness (QED) is 0.0212. The largest absolute Gasteiger partial charge is 0.493 e. The molecule has 0 aliphatic carbocycles. The molecule has 0 heterocycles. The van der Waals surface area contributed by atoms with E-state index >= 15 is 0 Å². The Morgan fingerprint density at radius 2 is 0.702 bits per heavy atom. The molecule has 0 unspecified atom stereocenters. The van der Waals surface area contributed by atoms with E-state index in [0.29, 0.717) is 36.7 Å². The van der Waals surface area contributed by atoms with Gasteiger partial charge < -0.3 is 18.9 Å². The highest BCUT2D eigenvalue weighted by atomic mass is 16.5. The molecule has 0 bridgehead atoms. The molecule has 0 N–H and O–H groups in total. The van der Waals surface area contributed by atoms with Crippen molar-refractivity contribution in [3.8, 4) is 17.2 Å². The number of nitrogens with zero attached hydrogens (tertiary/aromatic N) is 6. The Bertz CT molecular complexity index is 1180. The van der Waals surface area contributed by atoms with E-state index in [1.807, 2.05) is 0 Å². The second-order valence-electron chi connectivity index (χ2n) is 15.7. The highest BCUT2D eigenvalue weighted by molar-refractivity contribution is 5.97. The van der Waals surface area contributed by atoms with E-state index in [1.54, 1.807) is 0 Å². The van der Waals surface area contributed by atoms with Crippen LogP contribution in [0.2, 0.25) is 0 Å². The fourth-order valence-electron chi connectivity index (χ4n) is 7.36. The standard InChI is InChI=1S/C46H82N6O5/c1-5-8-11-14-17-20-23-26-29-32-35-55-43-40(38-49-51-47)44(56-36-33-30-27-24-21-18-15-12-9-6-2)42(46(53)54-4)45(41(43)39-50-52-48)57-37-34-31-28-25-22-19-16-13-10-7-3/h5-39H2,1-4H3. The minimum absolute atomic E-state index is 0.108. The van der Waals surface area contributed by atoms with Crippen LogP contribution in [0.25, 0.3) is 20.9 Å². The number of esters is 1. The Morgan fingerprint density at radius 1 is 0.439 bits per heavy atom. The summed E-state index contributed by atoms with van der Waals surface area (Å²) in [6.07, 6.45) is 35.7. The maximum absolute atomic E-state index is 13.7. The monoisotopic (exact) mass is 799 g/mol. The normalized spacial score (nSPS) is 10.9. The molecule has 57 heavy (non-hydrogen) atoms. The molecule has 11 heteroatoms. The molecule has 0 saturated heterocycles. The van der Waals surface area contributed by atoms with E-state index in [9.17, 15) is 15.9 Å². The van der Waals surface area contributed by atoms with Crippen LogP contribution in [0.5, 0.6) is 17.2 Å². The maximum atomic E-state index is 13.7. The van der Waals surface area contributed by atoms with Crippen LogP contribution in [0.4, 0.5) is 0 Å². The zero-order valence-corrected chi connectivity index (χ0v) is 37.0. The van der Waals surface area contributed by atoms with E-state index in [1.165, 1.54) is 142 Å². The van der Waals surface area contributed by atoms with Gasteiger partial charge in [-0.05, 0) is 30.3 Å². The lowest BCUT2D eigenvalue weighted by Gasteiger charge is -2.25. The van der Waals surface area contributed by atoms with Gasteiger partial charge in [0.25, 0.3) is 0 Å². The summed E-state index contributed by atoms with van der Waals surface area (Å²) in [7, 11) is 1.33. The zero-order valence-electron chi connectivity index (χ0n) is 37.0. The molecule has 1 rings (SSSR count). The van der Waals surface area contributed by atoms with E-state index in [0.717, 1.165) is 57.8 Å². The molecule has 1 aromatic rings. The summed E-state index contributed by atoms with van der Waals surface area (Å²) in [5.41, 5.74) is 19.8. The van der Waals surface area contributed by atoms with Gasteiger partial charge in [-0.1, -0.05) is 204 Å². The maximum Gasteiger partial charge on any atom is 0.345 e. The van der Waals surface area contributed by atoms with Gasteiger partial charge in [0.05, 0.1) is 40.0 Å². The molecule has 11 nitrogen and oxygen atoms in total. The number of carbonyl (C=O) groups is 1. The first kappa shape index (κ1) is 51.7. The SMILES string of the molecule is CCCCCCCCCCCCOc1c(CN=[N+]=[N-])c(OCCCCCCCCCCCC)c(C(=O)OC)c(OCCCCCCCCCCCC)c1CN=[N+]=[N-]. The van der Waals surface area contributed by atoms with Gasteiger partial charge in [-0.15, -0.1) is 0 Å². The van der Waals surface area contributed by atoms with Crippen molar-refractivity contribution >= 4 is 5.97 Å². The fourth-order valence-corrected chi connectivity index (χ4v) is 7.36. The summed E-state index contributed by atoms with van der Waals surface area (Å²) in [6, 6.07) is 0. The van der Waals surface area contributed by atoms with E-state index < -0.39 is 5.97 Å². The van der Waals surface area contributed by atoms with Crippen LogP contribution < -0.4 is 14.2 Å². The molecular weight excluding hydrogens is 717 g/mol. The molecule has 326 valence electrons. The summed E-state index contributed by atoms with van der Waals surface area (Å²) >= 11 is 0. The number of hydrogen-bond donors (Lipinski definition) is 0. The lowest BCUT2D eigenvalue weighted by atomic mass is 9.99. The van der Waals surface area contributed by atoms with Crippen molar-refractivity contribution in [2.75, 3.05) is 26.9 Å². The van der Waals surface area contributed by atoms with Gasteiger partial charge >= 0.3 is 5.97 Å². The average Bonchev–Trinajstić information content (AvgIpc) is 3.22. The van der Waals surface area contributed by atoms with Crippen LogP contribution in [0.3, 0.4) is 0 Å². The number of carbonyl (C=O) groups excluding carboxylic acids is 1. The first-order valence-electron chi connectivity index (χ1n) is 23.3. The summed E-state index contributed by atoms with van der Waals surface area (Å²) in [5, 5.41) is 7.81. The summed E-state index contributed by atoms with van der Waals surface area (Å²) in [5.74, 6) is 0.281. The third-order valence-corrected chi connectivity index (χ3v) is 10.8. The predicted octanol–water partition coefficient (Wildman–Crippen LogP) is 16.0. The molecule has 0 aliphatic heterocycles. The molecule has 0 radical (unpaired) electrons. The average molecular weight is 799 g/mol. The summed E-state index contributed by atoms with van der Waals surface area (Å²) in [4.78, 5) is 19.7. The Kier molecular flexibility index (Phi) is 34.7. The van der Waals surface area contributed by atoms with Gasteiger partial charge in [0, 0.05) is 21.0 Å². The van der Waals surface area contributed by atoms with Crippen LogP contribution >= 0.6 is 0 Å². The summed E-state index contributed by atoms with van der Waals surface area (Å²) < 4.78 is 24.8. The van der Waals surface area contributed by atoms with Crippen molar-refractivity contribution < 1.29 is 23.7 Å². The van der Waals surface area contributed by atoms with Crippen molar-refractivity contribution in [2.24, 2.45) is 10.2 Å². The van der Waals surface area contributed by atoms with Crippen LogP contribution in [0.15, 0.2) is 10.2 Å². The molecule has 0 amide bonds. The molecular formula is C46H82N6O5. The Labute approximate surface area is 347 Å². The third-order valence-electron chi connectivity index (χ3n) is 10.8. The summed E-state index contributed by atoms with van der Waals surface area (Å²) in [6.45, 7) is 7.67. The molecule has 0 aliphatic rings. The van der Waals surface area contributed by atoms with Gasteiger partial charge in [-0.2, -0.15) is 0 Å². The first-order valence-corrected chi connectivity index (χ1v) is 23.3. The highest BCUT2D eigenvalue weighted by Gasteiger charge is 2.31. The number of methoxy groups -OCH3 is 1. The number of ether oxygens (including phenoxy) is 4. The molecule has 0 aromatic heterocycles. The Morgan fingerprint density at radius 3 is 0.965 bits per heavy atom. The van der Waals surface area contributed by atoms with E-state index in [-0.39, 0.29) is 30.2 Å². The van der Waals surface area contributed by atoms with Crippen LogP contribution in [-0.4, -0.2) is 32.9 Å². The second-order valence-corrected chi connectivity index (χ2v) is 15.7. The van der Waals surface area contributed by atoms with E-state index in [2.05, 4.69) is 40.8 Å². The number of benzene rings is 1. The number of azide groups is 2. The molecule has 0 saturated carbocycles. The zero-order chi connectivity index (χ0) is 41.4. The Balaban J connectivity index is 3.25. The van der Waals surface area contributed by atoms with Gasteiger partial charge in [-0.25, -0.2) is 4.79 Å². The van der Waals surface area contributed by atoms with Gasteiger partial charge in [0.1, 0.15) is 22.8 Å². The van der Waals surface area contributed by atoms with Crippen molar-refractivity contribution in [1.82, 2.24) is 0 Å². The predicted molar refractivity (Wildman–Crippen MR) is 235 cm³/mol. The fraction of sp³-hybridized carbons (Fsp3) is 0.848. The van der Waals surface area contributed by atoms with Gasteiger partial charge in [-0.3, -0.25) is 0 Å². The first-order chi connectivity index (χ1) is 28.1. The van der Waals surface area contributed by atoms with Gasteiger partial charge in [0.2, 0.25) is 0 Å². The van der Waals surface area contributed by atoms with Crippen molar-refractivity contribution in [3.63, 3.8) is 0 Å². The van der Waals surface area contributed by atoms with Crippen LogP contribution in [0, 0.1) is 0 Å². The molecule has 0 fully saturated rings. The second kappa shape index (κ2) is 38.2. The Hall–Kier alpha value is -3.29. The number of hydrogen-bond acceptors (Lipinski definition) is 7. The lowest BCUT2D eigenvalue weighted by Crippen LogP contribution is -2.16. The molecule has 1 aromatic carbocycles. The number of unbranched alkanes of at least 4 members (excludes halogenated alkanes) is 27. The van der Waals surface area contributed by atoms with Crippen molar-refractivity contribution in [2.45, 2.75) is 226 Å². The minimum atomic E-state index is -0.628. The molecule has 0 spiro atoms. The van der Waals surface area contributed by atoms with Crippen molar-refractivity contribution in [3.05, 3.63) is 37.6 Å². The van der Waals surface area contributed by atoms with Crippen LogP contribution in [-0.2, 0) is 17.8 Å².